The van der Waals surface area contributed by atoms with Gasteiger partial charge in [-0.25, -0.2) is 0 Å². The quantitative estimate of drug-likeness (QED) is 0.874. The van der Waals surface area contributed by atoms with Crippen molar-refractivity contribution in [1.82, 2.24) is 10.3 Å². The number of aromatic nitrogens is 1. The first-order chi connectivity index (χ1) is 9.20. The van der Waals surface area contributed by atoms with Crippen LogP contribution in [-0.2, 0) is 6.42 Å². The molecular formula is C15H16BrClN2. The van der Waals surface area contributed by atoms with Crippen molar-refractivity contribution in [3.8, 4) is 0 Å². The molecule has 4 heteroatoms. The van der Waals surface area contributed by atoms with Crippen molar-refractivity contribution < 1.29 is 0 Å². The van der Waals surface area contributed by atoms with Crippen molar-refractivity contribution in [2.45, 2.75) is 19.4 Å². The van der Waals surface area contributed by atoms with Crippen LogP contribution in [0.3, 0.4) is 0 Å². The molecule has 1 heterocycles. The Morgan fingerprint density at radius 2 is 2.11 bits per heavy atom. The lowest BCUT2D eigenvalue weighted by Crippen LogP contribution is -2.23. The summed E-state index contributed by atoms with van der Waals surface area (Å²) < 4.78 is 0.993. The normalized spacial score (nSPS) is 12.4. The lowest BCUT2D eigenvalue weighted by molar-refractivity contribution is 0.548. The highest BCUT2D eigenvalue weighted by Gasteiger charge is 2.13. The van der Waals surface area contributed by atoms with Crippen LogP contribution >= 0.6 is 27.5 Å². The molecule has 1 atom stereocenters. The Morgan fingerprint density at radius 3 is 2.79 bits per heavy atom. The Morgan fingerprint density at radius 1 is 1.32 bits per heavy atom. The molecule has 0 aliphatic heterocycles. The van der Waals surface area contributed by atoms with E-state index in [0.29, 0.717) is 0 Å². The number of pyridine rings is 1. The Balaban J connectivity index is 2.24. The number of hydrogen-bond donors (Lipinski definition) is 1. The molecule has 0 spiro atoms. The van der Waals surface area contributed by atoms with E-state index in [1.54, 1.807) is 6.20 Å². The van der Waals surface area contributed by atoms with Gasteiger partial charge in [-0.05, 0) is 52.2 Å². The Labute approximate surface area is 127 Å². The van der Waals surface area contributed by atoms with Crippen molar-refractivity contribution in [2.24, 2.45) is 0 Å². The van der Waals surface area contributed by atoms with Gasteiger partial charge < -0.3 is 5.32 Å². The van der Waals surface area contributed by atoms with Gasteiger partial charge in [0.1, 0.15) is 0 Å². The fraction of sp³-hybridized carbons (Fsp3) is 0.267. The van der Waals surface area contributed by atoms with Gasteiger partial charge in [0.2, 0.25) is 0 Å². The van der Waals surface area contributed by atoms with E-state index in [1.165, 1.54) is 0 Å². The number of likely N-dealkylation sites (N-methyl/N-ethyl adjacent to an activating group) is 1. The molecule has 0 fully saturated rings. The molecule has 0 saturated carbocycles. The van der Waals surface area contributed by atoms with Crippen LogP contribution in [0.15, 0.2) is 47.2 Å². The van der Waals surface area contributed by atoms with E-state index in [2.05, 4.69) is 45.3 Å². The van der Waals surface area contributed by atoms with Crippen molar-refractivity contribution in [3.05, 3.63) is 63.3 Å². The van der Waals surface area contributed by atoms with Gasteiger partial charge in [0.15, 0.2) is 0 Å². The summed E-state index contributed by atoms with van der Waals surface area (Å²) in [4.78, 5) is 4.23. The van der Waals surface area contributed by atoms with E-state index >= 15 is 0 Å². The van der Waals surface area contributed by atoms with Gasteiger partial charge in [0.25, 0.3) is 0 Å². The average Bonchev–Trinajstić information content (AvgIpc) is 2.40. The molecule has 19 heavy (non-hydrogen) atoms. The van der Waals surface area contributed by atoms with E-state index in [4.69, 9.17) is 11.6 Å². The maximum absolute atomic E-state index is 6.23. The van der Waals surface area contributed by atoms with E-state index in [0.717, 1.165) is 33.6 Å². The minimum Gasteiger partial charge on any atom is -0.310 e. The lowest BCUT2D eigenvalue weighted by atomic mass is 10.00. The zero-order valence-corrected chi connectivity index (χ0v) is 13.1. The smallest absolute Gasteiger partial charge is 0.0438 e. The predicted molar refractivity (Wildman–Crippen MR) is 83.5 cm³/mol. The fourth-order valence-corrected chi connectivity index (χ4v) is 2.65. The van der Waals surface area contributed by atoms with Crippen LogP contribution in [0.25, 0.3) is 0 Å². The van der Waals surface area contributed by atoms with Crippen LogP contribution in [0.4, 0.5) is 0 Å². The van der Waals surface area contributed by atoms with Crippen molar-refractivity contribution >= 4 is 27.5 Å². The topological polar surface area (TPSA) is 24.9 Å². The summed E-state index contributed by atoms with van der Waals surface area (Å²) in [5, 5.41) is 4.30. The fourth-order valence-electron chi connectivity index (χ4n) is 2.06. The van der Waals surface area contributed by atoms with Crippen LogP contribution in [0.1, 0.15) is 24.1 Å². The highest BCUT2D eigenvalue weighted by molar-refractivity contribution is 9.10. The average molecular weight is 340 g/mol. The summed E-state index contributed by atoms with van der Waals surface area (Å²) in [5.41, 5.74) is 2.31. The standard InChI is InChI=1S/C15H16BrClN2/c1-2-19-15(12-7-13(16)10-18-9-12)8-11-5-3-4-6-14(11)17/h3-7,9-10,15,19H,2,8H2,1H3. The maximum atomic E-state index is 6.23. The lowest BCUT2D eigenvalue weighted by Gasteiger charge is -2.19. The monoisotopic (exact) mass is 338 g/mol. The third kappa shape index (κ3) is 4.03. The molecule has 0 aliphatic carbocycles. The van der Waals surface area contributed by atoms with E-state index in [9.17, 15) is 0 Å². The summed E-state index contributed by atoms with van der Waals surface area (Å²) in [6, 6.07) is 10.3. The molecule has 0 bridgehead atoms. The van der Waals surface area contributed by atoms with Crippen LogP contribution in [-0.4, -0.2) is 11.5 Å². The zero-order chi connectivity index (χ0) is 13.7. The molecule has 0 radical (unpaired) electrons. The first kappa shape index (κ1) is 14.5. The SMILES string of the molecule is CCNC(Cc1ccccc1Cl)c1cncc(Br)c1. The van der Waals surface area contributed by atoms with Crippen LogP contribution in [0.2, 0.25) is 5.02 Å². The number of hydrogen-bond acceptors (Lipinski definition) is 2. The predicted octanol–water partition coefficient (Wildman–Crippen LogP) is 4.39. The Kier molecular flexibility index (Phi) is 5.37. The van der Waals surface area contributed by atoms with Gasteiger partial charge in [-0.1, -0.05) is 36.7 Å². The maximum Gasteiger partial charge on any atom is 0.0438 e. The van der Waals surface area contributed by atoms with Crippen molar-refractivity contribution in [3.63, 3.8) is 0 Å². The van der Waals surface area contributed by atoms with Crippen molar-refractivity contribution in [2.75, 3.05) is 6.54 Å². The highest BCUT2D eigenvalue weighted by atomic mass is 79.9. The van der Waals surface area contributed by atoms with E-state index in [-0.39, 0.29) is 6.04 Å². The number of halogens is 2. The van der Waals surface area contributed by atoms with Gasteiger partial charge >= 0.3 is 0 Å². The number of nitrogens with one attached hydrogen (secondary N) is 1. The third-order valence-electron chi connectivity index (χ3n) is 2.96. The van der Waals surface area contributed by atoms with Gasteiger partial charge in [-0.15, -0.1) is 0 Å². The van der Waals surface area contributed by atoms with Crippen LogP contribution < -0.4 is 5.32 Å². The number of rotatable bonds is 5. The van der Waals surface area contributed by atoms with Crippen LogP contribution in [0, 0.1) is 0 Å². The molecule has 0 amide bonds. The third-order valence-corrected chi connectivity index (χ3v) is 3.76. The summed E-state index contributed by atoms with van der Waals surface area (Å²) in [7, 11) is 0. The molecule has 2 aromatic rings. The van der Waals surface area contributed by atoms with E-state index in [1.807, 2.05) is 24.4 Å². The molecular weight excluding hydrogens is 324 g/mol. The Hall–Kier alpha value is -0.900. The molecule has 2 rings (SSSR count). The molecule has 0 aliphatic rings. The second-order valence-corrected chi connectivity index (χ2v) is 5.67. The van der Waals surface area contributed by atoms with Crippen LogP contribution in [0.5, 0.6) is 0 Å². The summed E-state index contributed by atoms with van der Waals surface area (Å²) in [5.74, 6) is 0. The first-order valence-corrected chi connectivity index (χ1v) is 7.45. The second-order valence-electron chi connectivity index (χ2n) is 4.34. The zero-order valence-electron chi connectivity index (χ0n) is 10.7. The first-order valence-electron chi connectivity index (χ1n) is 6.28. The van der Waals surface area contributed by atoms with Gasteiger partial charge in [-0.2, -0.15) is 0 Å². The number of benzene rings is 1. The second kappa shape index (κ2) is 7.04. The summed E-state index contributed by atoms with van der Waals surface area (Å²) in [6.07, 6.45) is 4.54. The molecule has 1 aromatic carbocycles. The van der Waals surface area contributed by atoms with Crippen molar-refractivity contribution in [1.29, 1.82) is 0 Å². The summed E-state index contributed by atoms with van der Waals surface area (Å²) in [6.45, 7) is 3.01. The van der Waals surface area contributed by atoms with Gasteiger partial charge in [0.05, 0.1) is 0 Å². The molecule has 1 N–H and O–H groups in total. The van der Waals surface area contributed by atoms with Gasteiger partial charge in [-0.3, -0.25) is 4.98 Å². The minimum atomic E-state index is 0.217. The largest absolute Gasteiger partial charge is 0.310 e. The van der Waals surface area contributed by atoms with Gasteiger partial charge in [0, 0.05) is 27.9 Å². The molecule has 1 unspecified atom stereocenters. The molecule has 0 saturated heterocycles. The molecule has 2 nitrogen and oxygen atoms in total. The minimum absolute atomic E-state index is 0.217. The highest BCUT2D eigenvalue weighted by Crippen LogP contribution is 2.24. The van der Waals surface area contributed by atoms with E-state index < -0.39 is 0 Å². The Bertz CT molecular complexity index is 545. The molecule has 1 aromatic heterocycles. The molecule has 100 valence electrons. The number of nitrogens with zero attached hydrogens (tertiary/aromatic N) is 1. The summed E-state index contributed by atoms with van der Waals surface area (Å²) >= 11 is 9.70.